The van der Waals surface area contributed by atoms with Gasteiger partial charge in [0.1, 0.15) is 5.69 Å². The number of hydrogen-bond acceptors (Lipinski definition) is 3. The lowest BCUT2D eigenvalue weighted by molar-refractivity contribution is 0.0958. The van der Waals surface area contributed by atoms with E-state index in [0.717, 1.165) is 5.69 Å². The molecule has 0 unspecified atom stereocenters. The lowest BCUT2D eigenvalue weighted by Gasteiger charge is -2.26. The Morgan fingerprint density at radius 2 is 2.12 bits per heavy atom. The maximum Gasteiger partial charge on any atom is 0.269 e. The van der Waals surface area contributed by atoms with Gasteiger partial charge in [0.25, 0.3) is 5.91 Å². The molecule has 1 fully saturated rings. The van der Waals surface area contributed by atoms with Crippen molar-refractivity contribution >= 4 is 11.6 Å². The van der Waals surface area contributed by atoms with Gasteiger partial charge in [-0.05, 0) is 31.9 Å². The van der Waals surface area contributed by atoms with Crippen molar-refractivity contribution in [3.05, 3.63) is 24.0 Å². The summed E-state index contributed by atoms with van der Waals surface area (Å²) in [5.74, 6) is -0.148. The quantitative estimate of drug-likeness (QED) is 0.841. The fraction of sp³-hybridized carbons (Fsp3) is 0.538. The van der Waals surface area contributed by atoms with Crippen molar-refractivity contribution in [1.29, 1.82) is 0 Å². The van der Waals surface area contributed by atoms with Gasteiger partial charge < -0.3 is 10.6 Å². The number of rotatable bonds is 3. The van der Waals surface area contributed by atoms with Crippen LogP contribution in [0.3, 0.4) is 0 Å². The molecule has 1 heterocycles. The molecule has 1 amide bonds. The van der Waals surface area contributed by atoms with Gasteiger partial charge in [0.15, 0.2) is 0 Å². The highest BCUT2D eigenvalue weighted by atomic mass is 16.1. The Morgan fingerprint density at radius 1 is 1.41 bits per heavy atom. The van der Waals surface area contributed by atoms with Crippen LogP contribution in [0.5, 0.6) is 0 Å². The summed E-state index contributed by atoms with van der Waals surface area (Å²) in [7, 11) is 1.61. The zero-order valence-electron chi connectivity index (χ0n) is 10.4. The average Bonchev–Trinajstić information content (AvgIpc) is 2.75. The lowest BCUT2D eigenvalue weighted by atomic mass is 10.0. The summed E-state index contributed by atoms with van der Waals surface area (Å²) in [4.78, 5) is 15.5. The van der Waals surface area contributed by atoms with Crippen molar-refractivity contribution in [1.82, 2.24) is 10.3 Å². The van der Waals surface area contributed by atoms with E-state index < -0.39 is 0 Å². The monoisotopic (exact) mass is 233 g/mol. The molecular formula is C13H19N3O. The molecule has 2 rings (SSSR count). The number of carbonyl (C=O) groups excluding carboxylic acids is 1. The second-order valence-corrected chi connectivity index (χ2v) is 4.90. The maximum atomic E-state index is 11.5. The van der Waals surface area contributed by atoms with Crippen molar-refractivity contribution < 1.29 is 4.79 Å². The van der Waals surface area contributed by atoms with Gasteiger partial charge in [-0.15, -0.1) is 0 Å². The summed E-state index contributed by atoms with van der Waals surface area (Å²) in [5, 5.41) is 6.10. The minimum absolute atomic E-state index is 0.148. The second-order valence-electron chi connectivity index (χ2n) is 4.90. The highest BCUT2D eigenvalue weighted by Crippen LogP contribution is 2.32. The number of nitrogens with one attached hydrogen (secondary N) is 2. The van der Waals surface area contributed by atoms with Crippen molar-refractivity contribution in [2.75, 3.05) is 12.4 Å². The molecular weight excluding hydrogens is 214 g/mol. The van der Waals surface area contributed by atoms with E-state index in [0.29, 0.717) is 5.69 Å². The molecule has 0 bridgehead atoms. The zero-order chi connectivity index (χ0) is 12.3. The number of carbonyl (C=O) groups is 1. The van der Waals surface area contributed by atoms with Gasteiger partial charge in [0.2, 0.25) is 0 Å². The SMILES string of the molecule is CNC(=O)c1cc(NC2(C)CCCC2)ccn1. The van der Waals surface area contributed by atoms with Gasteiger partial charge in [-0.2, -0.15) is 0 Å². The van der Waals surface area contributed by atoms with E-state index >= 15 is 0 Å². The fourth-order valence-electron chi connectivity index (χ4n) is 2.39. The molecule has 2 N–H and O–H groups in total. The Morgan fingerprint density at radius 3 is 2.76 bits per heavy atom. The Balaban J connectivity index is 2.13. The summed E-state index contributed by atoms with van der Waals surface area (Å²) in [5.41, 5.74) is 1.60. The highest BCUT2D eigenvalue weighted by molar-refractivity contribution is 5.92. The van der Waals surface area contributed by atoms with E-state index in [4.69, 9.17) is 0 Å². The third-order valence-electron chi connectivity index (χ3n) is 3.37. The van der Waals surface area contributed by atoms with E-state index in [2.05, 4.69) is 22.5 Å². The van der Waals surface area contributed by atoms with Crippen LogP contribution in [0.4, 0.5) is 5.69 Å². The smallest absolute Gasteiger partial charge is 0.269 e. The fourth-order valence-corrected chi connectivity index (χ4v) is 2.39. The molecule has 1 aromatic rings. The minimum Gasteiger partial charge on any atom is -0.380 e. The van der Waals surface area contributed by atoms with Crippen LogP contribution < -0.4 is 10.6 Å². The predicted molar refractivity (Wildman–Crippen MR) is 68.1 cm³/mol. The molecule has 0 radical (unpaired) electrons. The van der Waals surface area contributed by atoms with Crippen LogP contribution in [0.2, 0.25) is 0 Å². The summed E-state index contributed by atoms with van der Waals surface area (Å²) >= 11 is 0. The van der Waals surface area contributed by atoms with Crippen LogP contribution in [0.15, 0.2) is 18.3 Å². The molecule has 1 aliphatic rings. The first-order valence-corrected chi connectivity index (χ1v) is 6.09. The summed E-state index contributed by atoms with van der Waals surface area (Å²) in [6.45, 7) is 2.24. The van der Waals surface area contributed by atoms with Crippen LogP contribution in [0.25, 0.3) is 0 Å². The average molecular weight is 233 g/mol. The molecule has 4 nitrogen and oxygen atoms in total. The van der Waals surface area contributed by atoms with Gasteiger partial charge in [0, 0.05) is 24.5 Å². The van der Waals surface area contributed by atoms with E-state index in [1.54, 1.807) is 13.2 Å². The largest absolute Gasteiger partial charge is 0.380 e. The minimum atomic E-state index is -0.148. The van der Waals surface area contributed by atoms with Gasteiger partial charge >= 0.3 is 0 Å². The Bertz CT molecular complexity index is 411. The van der Waals surface area contributed by atoms with E-state index in [1.165, 1.54) is 25.7 Å². The maximum absolute atomic E-state index is 11.5. The van der Waals surface area contributed by atoms with Crippen molar-refractivity contribution in [2.45, 2.75) is 38.1 Å². The van der Waals surface area contributed by atoms with E-state index in [-0.39, 0.29) is 11.4 Å². The van der Waals surface area contributed by atoms with Crippen molar-refractivity contribution in [3.8, 4) is 0 Å². The molecule has 0 saturated heterocycles. The summed E-state index contributed by atoms with van der Waals surface area (Å²) in [6.07, 6.45) is 6.59. The van der Waals surface area contributed by atoms with Crippen LogP contribution in [0.1, 0.15) is 43.1 Å². The molecule has 92 valence electrons. The van der Waals surface area contributed by atoms with E-state index in [9.17, 15) is 4.79 Å². The molecule has 4 heteroatoms. The van der Waals surface area contributed by atoms with Crippen LogP contribution in [-0.4, -0.2) is 23.5 Å². The normalized spacial score (nSPS) is 17.8. The van der Waals surface area contributed by atoms with Gasteiger partial charge in [0.05, 0.1) is 0 Å². The zero-order valence-corrected chi connectivity index (χ0v) is 10.4. The molecule has 1 saturated carbocycles. The summed E-state index contributed by atoms with van der Waals surface area (Å²) in [6, 6.07) is 3.72. The van der Waals surface area contributed by atoms with E-state index in [1.807, 2.05) is 12.1 Å². The van der Waals surface area contributed by atoms with Crippen LogP contribution in [-0.2, 0) is 0 Å². The van der Waals surface area contributed by atoms with Gasteiger partial charge in [-0.1, -0.05) is 12.8 Å². The van der Waals surface area contributed by atoms with Crippen LogP contribution in [0, 0.1) is 0 Å². The van der Waals surface area contributed by atoms with Gasteiger partial charge in [-0.25, -0.2) is 0 Å². The molecule has 17 heavy (non-hydrogen) atoms. The first-order valence-electron chi connectivity index (χ1n) is 6.09. The third-order valence-corrected chi connectivity index (χ3v) is 3.37. The molecule has 0 aromatic carbocycles. The Hall–Kier alpha value is -1.58. The number of pyridine rings is 1. The topological polar surface area (TPSA) is 54.0 Å². The molecule has 0 atom stereocenters. The number of amides is 1. The standard InChI is InChI=1S/C13H19N3O/c1-13(6-3-4-7-13)16-10-5-8-15-11(9-10)12(17)14-2/h5,8-9H,3-4,6-7H2,1-2H3,(H,14,17)(H,15,16). The molecule has 1 aromatic heterocycles. The second kappa shape index (κ2) is 4.73. The number of anilines is 1. The highest BCUT2D eigenvalue weighted by Gasteiger charge is 2.28. The lowest BCUT2D eigenvalue weighted by Crippen LogP contribution is -2.31. The summed E-state index contributed by atoms with van der Waals surface area (Å²) < 4.78 is 0. The van der Waals surface area contributed by atoms with Crippen molar-refractivity contribution in [3.63, 3.8) is 0 Å². The number of aromatic nitrogens is 1. The van der Waals surface area contributed by atoms with Crippen LogP contribution >= 0.6 is 0 Å². The van der Waals surface area contributed by atoms with Gasteiger partial charge in [-0.3, -0.25) is 9.78 Å². The number of hydrogen-bond donors (Lipinski definition) is 2. The predicted octanol–water partition coefficient (Wildman–Crippen LogP) is 2.19. The third kappa shape index (κ3) is 2.75. The Labute approximate surface area is 102 Å². The molecule has 1 aliphatic carbocycles. The first kappa shape index (κ1) is 11.9. The first-order chi connectivity index (χ1) is 8.13. The molecule has 0 aliphatic heterocycles. The molecule has 0 spiro atoms. The Kier molecular flexibility index (Phi) is 3.31. The number of nitrogens with zero attached hydrogens (tertiary/aromatic N) is 1. The van der Waals surface area contributed by atoms with Crippen molar-refractivity contribution in [2.24, 2.45) is 0 Å².